The van der Waals surface area contributed by atoms with E-state index in [2.05, 4.69) is 27.4 Å². The molecule has 1 heterocycles. The van der Waals surface area contributed by atoms with Gasteiger partial charge in [-0.25, -0.2) is 0 Å². The number of carbonyl (C=O) groups is 2. The first-order valence-electron chi connectivity index (χ1n) is 10.6. The molecule has 0 spiro atoms. The first-order valence-corrected chi connectivity index (χ1v) is 11.9. The molecule has 1 aromatic heterocycles. The second-order valence-electron chi connectivity index (χ2n) is 7.35. The monoisotopic (exact) mass is 515 g/mol. The van der Waals surface area contributed by atoms with Crippen molar-refractivity contribution in [3.8, 4) is 11.5 Å². The van der Waals surface area contributed by atoms with Crippen LogP contribution < -0.4 is 20.1 Å². The number of ether oxygens (including phenoxy) is 2. The van der Waals surface area contributed by atoms with Gasteiger partial charge in [0.2, 0.25) is 5.91 Å². The molecule has 3 rings (SSSR count). The van der Waals surface area contributed by atoms with Crippen molar-refractivity contribution in [1.29, 1.82) is 0 Å². The normalized spacial score (nSPS) is 10.5. The van der Waals surface area contributed by atoms with Gasteiger partial charge in [-0.15, -0.1) is 16.8 Å². The Hall–Kier alpha value is -3.50. The summed E-state index contributed by atoms with van der Waals surface area (Å²) in [5.74, 6) is 1.18. The SMILES string of the molecule is C=CCn1c(CNC(=O)c2ccc(OC)c(OC)c2)nnc1SCC(=O)Nc1ccc(Cl)cc1C. The fourth-order valence-electron chi connectivity index (χ4n) is 3.19. The Labute approximate surface area is 212 Å². The number of amides is 2. The average molecular weight is 516 g/mol. The van der Waals surface area contributed by atoms with Crippen LogP contribution in [0.2, 0.25) is 5.02 Å². The van der Waals surface area contributed by atoms with Gasteiger partial charge in [0.15, 0.2) is 22.5 Å². The number of hydrogen-bond donors (Lipinski definition) is 2. The quantitative estimate of drug-likeness (QED) is 0.292. The standard InChI is InChI=1S/C24H26ClN5O4S/c1-5-10-30-21(13-26-23(32)16-6-9-19(33-3)20(12-16)34-4)28-29-24(30)35-14-22(31)27-18-8-7-17(25)11-15(18)2/h5-9,11-12H,1,10,13-14H2,2-4H3,(H,26,32)(H,27,31). The van der Waals surface area contributed by atoms with Crippen molar-refractivity contribution in [1.82, 2.24) is 20.1 Å². The lowest BCUT2D eigenvalue weighted by molar-refractivity contribution is -0.113. The minimum absolute atomic E-state index is 0.134. The molecule has 184 valence electrons. The van der Waals surface area contributed by atoms with Crippen molar-refractivity contribution in [3.05, 3.63) is 71.0 Å². The summed E-state index contributed by atoms with van der Waals surface area (Å²) in [5.41, 5.74) is 1.99. The van der Waals surface area contributed by atoms with Crippen molar-refractivity contribution in [2.45, 2.75) is 25.2 Å². The summed E-state index contributed by atoms with van der Waals surface area (Å²) in [7, 11) is 3.04. The van der Waals surface area contributed by atoms with E-state index < -0.39 is 0 Å². The topological polar surface area (TPSA) is 107 Å². The Morgan fingerprint density at radius 1 is 1.14 bits per heavy atom. The summed E-state index contributed by atoms with van der Waals surface area (Å²) in [6, 6.07) is 10.2. The predicted molar refractivity (Wildman–Crippen MR) is 136 cm³/mol. The Kier molecular flexibility index (Phi) is 9.16. The molecule has 0 aliphatic carbocycles. The lowest BCUT2D eigenvalue weighted by Crippen LogP contribution is -2.25. The number of benzene rings is 2. The molecule has 0 aliphatic heterocycles. The zero-order chi connectivity index (χ0) is 25.4. The molecular formula is C24H26ClN5O4S. The van der Waals surface area contributed by atoms with Crippen LogP contribution in [0.1, 0.15) is 21.7 Å². The molecule has 0 bridgehead atoms. The highest BCUT2D eigenvalue weighted by Crippen LogP contribution is 2.27. The van der Waals surface area contributed by atoms with Crippen molar-refractivity contribution in [3.63, 3.8) is 0 Å². The van der Waals surface area contributed by atoms with Crippen LogP contribution in [0.25, 0.3) is 0 Å². The Bertz CT molecular complexity index is 1230. The molecule has 0 saturated heterocycles. The molecule has 2 N–H and O–H groups in total. The van der Waals surface area contributed by atoms with Gasteiger partial charge >= 0.3 is 0 Å². The minimum Gasteiger partial charge on any atom is -0.493 e. The summed E-state index contributed by atoms with van der Waals surface area (Å²) >= 11 is 7.21. The van der Waals surface area contributed by atoms with Crippen molar-refractivity contribution in [2.75, 3.05) is 25.3 Å². The summed E-state index contributed by atoms with van der Waals surface area (Å²) in [4.78, 5) is 25.1. The number of halogens is 1. The summed E-state index contributed by atoms with van der Waals surface area (Å²) in [6.45, 7) is 6.22. The van der Waals surface area contributed by atoms with Crippen LogP contribution in [0.3, 0.4) is 0 Å². The second-order valence-corrected chi connectivity index (χ2v) is 8.73. The zero-order valence-corrected chi connectivity index (χ0v) is 21.2. The molecule has 0 atom stereocenters. The number of aromatic nitrogens is 3. The van der Waals surface area contributed by atoms with Gasteiger partial charge in [0.1, 0.15) is 0 Å². The highest BCUT2D eigenvalue weighted by molar-refractivity contribution is 7.99. The van der Waals surface area contributed by atoms with Gasteiger partial charge in [-0.3, -0.25) is 9.59 Å². The Morgan fingerprint density at radius 3 is 2.60 bits per heavy atom. The highest BCUT2D eigenvalue weighted by atomic mass is 35.5. The fourth-order valence-corrected chi connectivity index (χ4v) is 4.18. The summed E-state index contributed by atoms with van der Waals surface area (Å²) in [6.07, 6.45) is 1.70. The van der Waals surface area contributed by atoms with Crippen LogP contribution in [0.15, 0.2) is 54.2 Å². The van der Waals surface area contributed by atoms with Crippen molar-refractivity contribution < 1.29 is 19.1 Å². The fraction of sp³-hybridized carbons (Fsp3) is 0.250. The third-order valence-electron chi connectivity index (χ3n) is 4.95. The van der Waals surface area contributed by atoms with E-state index in [1.165, 1.54) is 26.0 Å². The zero-order valence-electron chi connectivity index (χ0n) is 19.6. The number of nitrogens with one attached hydrogen (secondary N) is 2. The summed E-state index contributed by atoms with van der Waals surface area (Å²) in [5, 5.41) is 15.2. The maximum atomic E-state index is 12.6. The molecule has 3 aromatic rings. The lowest BCUT2D eigenvalue weighted by Gasteiger charge is -2.11. The first kappa shape index (κ1) is 26.1. The maximum absolute atomic E-state index is 12.6. The molecule has 9 nitrogen and oxygen atoms in total. The van der Waals surface area contributed by atoms with E-state index in [-0.39, 0.29) is 24.1 Å². The second kappa shape index (κ2) is 12.3. The smallest absolute Gasteiger partial charge is 0.251 e. The molecule has 0 fully saturated rings. The number of allylic oxidation sites excluding steroid dienone is 1. The van der Waals surface area contributed by atoms with Crippen LogP contribution in [0.5, 0.6) is 11.5 Å². The first-order chi connectivity index (χ1) is 16.9. The van der Waals surface area contributed by atoms with Crippen LogP contribution in [0.4, 0.5) is 5.69 Å². The van der Waals surface area contributed by atoms with E-state index in [9.17, 15) is 9.59 Å². The van der Waals surface area contributed by atoms with Gasteiger partial charge in [0, 0.05) is 22.8 Å². The number of rotatable bonds is 11. The van der Waals surface area contributed by atoms with E-state index in [4.69, 9.17) is 21.1 Å². The van der Waals surface area contributed by atoms with Gasteiger partial charge < -0.3 is 24.7 Å². The van der Waals surface area contributed by atoms with Gasteiger partial charge in [-0.2, -0.15) is 0 Å². The van der Waals surface area contributed by atoms with E-state index >= 15 is 0 Å². The lowest BCUT2D eigenvalue weighted by atomic mass is 10.2. The Balaban J connectivity index is 1.63. The Morgan fingerprint density at radius 2 is 1.91 bits per heavy atom. The van der Waals surface area contributed by atoms with E-state index in [1.54, 1.807) is 47.0 Å². The molecule has 35 heavy (non-hydrogen) atoms. The molecule has 11 heteroatoms. The van der Waals surface area contributed by atoms with Crippen molar-refractivity contribution >= 4 is 40.9 Å². The predicted octanol–water partition coefficient (Wildman–Crippen LogP) is 4.10. The van der Waals surface area contributed by atoms with Crippen LogP contribution in [-0.2, 0) is 17.9 Å². The van der Waals surface area contributed by atoms with Gasteiger partial charge in [-0.05, 0) is 48.9 Å². The number of carbonyl (C=O) groups excluding carboxylic acids is 2. The largest absolute Gasteiger partial charge is 0.493 e. The molecular weight excluding hydrogens is 490 g/mol. The third kappa shape index (κ3) is 6.77. The number of nitrogens with zero attached hydrogens (tertiary/aromatic N) is 3. The number of methoxy groups -OCH3 is 2. The number of aryl methyl sites for hydroxylation is 1. The van der Waals surface area contributed by atoms with Crippen LogP contribution >= 0.6 is 23.4 Å². The third-order valence-corrected chi connectivity index (χ3v) is 6.15. The van der Waals surface area contributed by atoms with Crippen LogP contribution in [-0.4, -0.2) is 46.6 Å². The number of thioether (sulfide) groups is 1. The molecule has 0 radical (unpaired) electrons. The maximum Gasteiger partial charge on any atom is 0.251 e. The molecule has 2 aromatic carbocycles. The molecule has 0 saturated carbocycles. The number of anilines is 1. The van der Waals surface area contributed by atoms with E-state index in [0.717, 1.165) is 5.56 Å². The van der Waals surface area contributed by atoms with Gasteiger partial charge in [-0.1, -0.05) is 29.4 Å². The van der Waals surface area contributed by atoms with Crippen LogP contribution in [0, 0.1) is 6.92 Å². The number of hydrogen-bond acceptors (Lipinski definition) is 7. The molecule has 2 amide bonds. The van der Waals surface area contributed by atoms with Gasteiger partial charge in [0.05, 0.1) is 26.5 Å². The molecule has 0 aliphatic rings. The summed E-state index contributed by atoms with van der Waals surface area (Å²) < 4.78 is 12.3. The van der Waals surface area contributed by atoms with E-state index in [0.29, 0.717) is 45.3 Å². The molecule has 0 unspecified atom stereocenters. The van der Waals surface area contributed by atoms with Crippen molar-refractivity contribution in [2.24, 2.45) is 0 Å². The average Bonchev–Trinajstić information content (AvgIpc) is 3.24. The minimum atomic E-state index is -0.300. The highest BCUT2D eigenvalue weighted by Gasteiger charge is 2.16. The van der Waals surface area contributed by atoms with Gasteiger partial charge in [0.25, 0.3) is 5.91 Å². The van der Waals surface area contributed by atoms with E-state index in [1.807, 2.05) is 6.92 Å².